The van der Waals surface area contributed by atoms with Crippen molar-refractivity contribution in [3.8, 4) is 0 Å². The molecule has 2 rings (SSSR count). The van der Waals surface area contributed by atoms with Crippen LogP contribution in [0.25, 0.3) is 0 Å². The van der Waals surface area contributed by atoms with Gasteiger partial charge in [-0.2, -0.15) is 11.8 Å². The number of sulfonamides is 1. The van der Waals surface area contributed by atoms with E-state index in [1.165, 1.54) is 12.3 Å². The number of hydrogen-bond donors (Lipinski definition) is 2. The molecule has 0 aliphatic carbocycles. The second-order valence-electron chi connectivity index (χ2n) is 4.98. The average molecular weight is 316 g/mol. The van der Waals surface area contributed by atoms with Crippen LogP contribution in [0.5, 0.6) is 0 Å². The second kappa shape index (κ2) is 5.88. The van der Waals surface area contributed by atoms with E-state index >= 15 is 0 Å². The van der Waals surface area contributed by atoms with Crippen molar-refractivity contribution in [3.05, 3.63) is 18.3 Å². The summed E-state index contributed by atoms with van der Waals surface area (Å²) < 4.78 is 22.5. The van der Waals surface area contributed by atoms with E-state index in [-0.39, 0.29) is 9.64 Å². The Morgan fingerprint density at radius 2 is 2.05 bits per heavy atom. The van der Waals surface area contributed by atoms with Crippen LogP contribution in [0, 0.1) is 0 Å². The lowest BCUT2D eigenvalue weighted by Crippen LogP contribution is -2.46. The predicted octanol–water partition coefficient (Wildman–Crippen LogP) is 0.390. The smallest absolute Gasteiger partial charge is 0.239 e. The Morgan fingerprint density at radius 1 is 1.40 bits per heavy atom. The van der Waals surface area contributed by atoms with Gasteiger partial charge in [0.1, 0.15) is 10.7 Å². The summed E-state index contributed by atoms with van der Waals surface area (Å²) in [6.07, 6.45) is 5.41. The van der Waals surface area contributed by atoms with Crippen LogP contribution in [-0.4, -0.2) is 44.0 Å². The van der Waals surface area contributed by atoms with E-state index < -0.39 is 10.0 Å². The molecule has 20 heavy (non-hydrogen) atoms. The largest absolute Gasteiger partial charge is 0.357 e. The van der Waals surface area contributed by atoms with Crippen molar-refractivity contribution in [1.82, 2.24) is 4.98 Å². The summed E-state index contributed by atoms with van der Waals surface area (Å²) in [7, 11) is -3.68. The quantitative estimate of drug-likeness (QED) is 0.833. The monoisotopic (exact) mass is 316 g/mol. The summed E-state index contributed by atoms with van der Waals surface area (Å²) >= 11 is 1.83. The zero-order chi connectivity index (χ0) is 14.8. The number of anilines is 1. The van der Waals surface area contributed by atoms with E-state index in [0.717, 1.165) is 31.7 Å². The highest BCUT2D eigenvalue weighted by Crippen LogP contribution is 2.34. The lowest BCUT2D eigenvalue weighted by molar-refractivity contribution is 0.455. The second-order valence-corrected chi connectivity index (χ2v) is 7.81. The van der Waals surface area contributed by atoms with Crippen LogP contribution < -0.4 is 15.8 Å². The summed E-state index contributed by atoms with van der Waals surface area (Å²) in [5.41, 5.74) is 5.87. The van der Waals surface area contributed by atoms with E-state index in [1.807, 2.05) is 11.8 Å². The predicted molar refractivity (Wildman–Crippen MR) is 82.4 cm³/mol. The van der Waals surface area contributed by atoms with Gasteiger partial charge in [0.25, 0.3) is 0 Å². The van der Waals surface area contributed by atoms with Gasteiger partial charge in [-0.25, -0.2) is 18.5 Å². The molecule has 0 unspecified atom stereocenters. The zero-order valence-electron chi connectivity index (χ0n) is 11.4. The topological polar surface area (TPSA) is 102 Å². The minimum absolute atomic E-state index is 0.0404. The number of piperidine rings is 1. The molecule has 0 amide bonds. The molecule has 0 saturated carbocycles. The highest BCUT2D eigenvalue weighted by atomic mass is 32.2. The van der Waals surface area contributed by atoms with Gasteiger partial charge < -0.3 is 10.6 Å². The number of hydrogen-bond acceptors (Lipinski definition) is 6. The minimum atomic E-state index is -3.68. The zero-order valence-corrected chi connectivity index (χ0v) is 13.1. The average Bonchev–Trinajstić information content (AvgIpc) is 2.47. The van der Waals surface area contributed by atoms with Gasteiger partial charge in [-0.15, -0.1) is 0 Å². The molecule has 2 heterocycles. The van der Waals surface area contributed by atoms with Gasteiger partial charge in [-0.1, -0.05) is 0 Å². The van der Waals surface area contributed by atoms with E-state index in [0.29, 0.717) is 6.54 Å². The molecule has 0 bridgehead atoms. The van der Waals surface area contributed by atoms with Crippen molar-refractivity contribution in [2.75, 3.05) is 30.8 Å². The molecule has 112 valence electrons. The van der Waals surface area contributed by atoms with Crippen molar-refractivity contribution in [1.29, 1.82) is 0 Å². The number of thioether (sulfide) groups is 1. The summed E-state index contributed by atoms with van der Waals surface area (Å²) in [5.74, 6) is 0.782. The lowest BCUT2D eigenvalue weighted by atomic mass is 9.96. The molecule has 0 spiro atoms. The van der Waals surface area contributed by atoms with Gasteiger partial charge in [0.15, 0.2) is 0 Å². The molecule has 6 nitrogen and oxygen atoms in total. The molecule has 0 radical (unpaired) electrons. The van der Waals surface area contributed by atoms with Crippen LogP contribution in [0.3, 0.4) is 0 Å². The van der Waals surface area contributed by atoms with Crippen LogP contribution in [0.4, 0.5) is 5.82 Å². The highest BCUT2D eigenvalue weighted by molar-refractivity contribution is 8.00. The van der Waals surface area contributed by atoms with E-state index in [2.05, 4.69) is 16.1 Å². The maximum Gasteiger partial charge on any atom is 0.239 e. The first-order chi connectivity index (χ1) is 9.40. The molecule has 0 aromatic carbocycles. The minimum Gasteiger partial charge on any atom is -0.357 e. The Hall–Kier alpha value is -0.830. The molecule has 8 heteroatoms. The van der Waals surface area contributed by atoms with Crippen LogP contribution in [-0.2, 0) is 10.0 Å². The number of aromatic nitrogens is 1. The van der Waals surface area contributed by atoms with Crippen LogP contribution >= 0.6 is 11.8 Å². The van der Waals surface area contributed by atoms with Gasteiger partial charge in [0.05, 0.1) is 0 Å². The van der Waals surface area contributed by atoms with Crippen molar-refractivity contribution in [3.63, 3.8) is 0 Å². The van der Waals surface area contributed by atoms with Gasteiger partial charge in [-0.05, 0) is 31.2 Å². The number of nitrogens with two attached hydrogens (primary N) is 2. The molecule has 1 saturated heterocycles. The molecule has 1 aliphatic rings. The van der Waals surface area contributed by atoms with Crippen LogP contribution in [0.1, 0.15) is 12.8 Å². The number of primary sulfonamides is 1. The van der Waals surface area contributed by atoms with Gasteiger partial charge in [0, 0.05) is 30.6 Å². The Morgan fingerprint density at radius 3 is 2.45 bits per heavy atom. The first kappa shape index (κ1) is 15.6. The molecule has 4 N–H and O–H groups in total. The Kier molecular flexibility index (Phi) is 4.58. The normalized spacial score (nSPS) is 19.1. The highest BCUT2D eigenvalue weighted by Gasteiger charge is 2.32. The van der Waals surface area contributed by atoms with Gasteiger partial charge in [-0.3, -0.25) is 0 Å². The molecule has 1 aromatic heterocycles. The SMILES string of the molecule is CSC1(CN)CCN(c2ccc(S(N)(=O)=O)cn2)CC1. The summed E-state index contributed by atoms with van der Waals surface area (Å²) in [4.78, 5) is 6.39. The molecule has 1 aromatic rings. The third-order valence-electron chi connectivity index (χ3n) is 3.85. The molecule has 0 atom stereocenters. The van der Waals surface area contributed by atoms with Crippen molar-refractivity contribution in [2.45, 2.75) is 22.5 Å². The van der Waals surface area contributed by atoms with Crippen molar-refractivity contribution in [2.24, 2.45) is 10.9 Å². The maximum atomic E-state index is 11.2. The van der Waals surface area contributed by atoms with E-state index in [9.17, 15) is 8.42 Å². The fourth-order valence-corrected chi connectivity index (χ4v) is 3.58. The van der Waals surface area contributed by atoms with Crippen molar-refractivity contribution >= 4 is 27.6 Å². The lowest BCUT2D eigenvalue weighted by Gasteiger charge is -2.40. The number of nitrogens with zero attached hydrogens (tertiary/aromatic N) is 2. The third kappa shape index (κ3) is 3.25. The van der Waals surface area contributed by atoms with Crippen molar-refractivity contribution < 1.29 is 8.42 Å². The summed E-state index contributed by atoms with van der Waals surface area (Å²) in [5, 5.41) is 5.06. The Balaban J connectivity index is 2.08. The first-order valence-electron chi connectivity index (χ1n) is 6.39. The number of pyridine rings is 1. The Bertz CT molecular complexity index is 545. The summed E-state index contributed by atoms with van der Waals surface area (Å²) in [6.45, 7) is 2.43. The maximum absolute atomic E-state index is 11.2. The standard InChI is InChI=1S/C12H20N4O2S2/c1-19-12(9-13)4-6-16(7-5-12)11-3-2-10(8-15-11)20(14,17)18/h2-3,8H,4-7,9,13H2,1H3,(H2,14,17,18). The fourth-order valence-electron chi connectivity index (χ4n) is 2.36. The molecule has 1 fully saturated rings. The third-order valence-corrected chi connectivity index (χ3v) is 6.19. The first-order valence-corrected chi connectivity index (χ1v) is 9.16. The molecule has 1 aliphatic heterocycles. The van der Waals surface area contributed by atoms with Crippen LogP contribution in [0.2, 0.25) is 0 Å². The van der Waals surface area contributed by atoms with Crippen LogP contribution in [0.15, 0.2) is 23.2 Å². The van der Waals surface area contributed by atoms with Gasteiger partial charge >= 0.3 is 0 Å². The van der Waals surface area contributed by atoms with E-state index in [4.69, 9.17) is 10.9 Å². The summed E-state index contributed by atoms with van der Waals surface area (Å²) in [6, 6.07) is 3.20. The number of rotatable bonds is 4. The van der Waals surface area contributed by atoms with Gasteiger partial charge in [0.2, 0.25) is 10.0 Å². The Labute approximate surface area is 124 Å². The van der Waals surface area contributed by atoms with E-state index in [1.54, 1.807) is 6.07 Å². The molecular weight excluding hydrogens is 296 g/mol. The molecular formula is C12H20N4O2S2. The fraction of sp³-hybridized carbons (Fsp3) is 0.583.